The lowest BCUT2D eigenvalue weighted by Crippen LogP contribution is -2.42. The Labute approximate surface area is 151 Å². The van der Waals surface area contributed by atoms with Crippen LogP contribution in [0.5, 0.6) is 0 Å². The van der Waals surface area contributed by atoms with Gasteiger partial charge in [0, 0.05) is 16.7 Å². The second kappa shape index (κ2) is 9.19. The molecule has 1 N–H and O–H groups in total. The van der Waals surface area contributed by atoms with Gasteiger partial charge in [0.05, 0.1) is 23.5 Å². The second-order valence-electron chi connectivity index (χ2n) is 5.32. The maximum Gasteiger partial charge on any atom is 0.328 e. The highest BCUT2D eigenvalue weighted by Crippen LogP contribution is 2.12. The maximum atomic E-state index is 13.7. The number of esters is 1. The van der Waals surface area contributed by atoms with Crippen LogP contribution in [0.4, 0.5) is 8.78 Å². The summed E-state index contributed by atoms with van der Waals surface area (Å²) in [5.74, 6) is -3.40. The van der Waals surface area contributed by atoms with Crippen LogP contribution in [0.2, 0.25) is 0 Å². The predicted molar refractivity (Wildman–Crippen MR) is 92.0 cm³/mol. The standard InChI is InChI=1S/C18H17F2NO4S/c1-25-18(23)16(9-10-26(24)13-5-3-2-4-6-13)21-17(22)14-8-7-12(19)11-15(14)20/h2-8,11,16H,9-10H2,1H3,(H,21,22)/t16-,26+/m1/s1. The summed E-state index contributed by atoms with van der Waals surface area (Å²) in [5.41, 5.74) is -0.399. The molecule has 0 aromatic heterocycles. The number of methoxy groups -OCH3 is 1. The molecule has 0 heterocycles. The molecular weight excluding hydrogens is 364 g/mol. The number of amides is 1. The van der Waals surface area contributed by atoms with Crippen LogP contribution in [0.25, 0.3) is 0 Å². The van der Waals surface area contributed by atoms with Crippen LogP contribution in [0.15, 0.2) is 53.4 Å². The number of ether oxygens (including phenoxy) is 1. The quantitative estimate of drug-likeness (QED) is 0.748. The highest BCUT2D eigenvalue weighted by Gasteiger charge is 2.24. The summed E-state index contributed by atoms with van der Waals surface area (Å²) in [6.07, 6.45) is 0.0305. The summed E-state index contributed by atoms with van der Waals surface area (Å²) in [6, 6.07) is 10.0. The molecule has 5 nitrogen and oxygen atoms in total. The molecule has 2 rings (SSSR count). The van der Waals surface area contributed by atoms with Crippen molar-refractivity contribution in [2.75, 3.05) is 12.9 Å². The minimum atomic E-state index is -1.37. The molecule has 0 radical (unpaired) electrons. The second-order valence-corrected chi connectivity index (χ2v) is 6.90. The normalized spacial score (nSPS) is 12.9. The zero-order valence-electron chi connectivity index (χ0n) is 13.9. The number of carbonyl (C=O) groups is 2. The van der Waals surface area contributed by atoms with E-state index in [1.54, 1.807) is 30.3 Å². The van der Waals surface area contributed by atoms with Gasteiger partial charge >= 0.3 is 5.97 Å². The average Bonchev–Trinajstić information content (AvgIpc) is 2.64. The number of benzene rings is 2. The van der Waals surface area contributed by atoms with Crippen molar-refractivity contribution in [3.63, 3.8) is 0 Å². The highest BCUT2D eigenvalue weighted by molar-refractivity contribution is 7.85. The van der Waals surface area contributed by atoms with Gasteiger partial charge in [0.15, 0.2) is 0 Å². The Morgan fingerprint density at radius 1 is 1.15 bits per heavy atom. The Hall–Kier alpha value is -2.61. The Morgan fingerprint density at radius 2 is 1.85 bits per heavy atom. The van der Waals surface area contributed by atoms with Crippen LogP contribution < -0.4 is 5.32 Å². The lowest BCUT2D eigenvalue weighted by Gasteiger charge is -2.16. The fourth-order valence-electron chi connectivity index (χ4n) is 2.22. The Kier molecular flexibility index (Phi) is 6.97. The van der Waals surface area contributed by atoms with Crippen molar-refractivity contribution in [2.45, 2.75) is 17.4 Å². The van der Waals surface area contributed by atoms with Crippen LogP contribution in [0, 0.1) is 11.6 Å². The monoisotopic (exact) mass is 381 g/mol. The van der Waals surface area contributed by atoms with E-state index in [0.717, 1.165) is 19.2 Å². The lowest BCUT2D eigenvalue weighted by atomic mass is 10.1. The number of rotatable bonds is 7. The van der Waals surface area contributed by atoms with E-state index < -0.39 is 45.9 Å². The number of hydrogen-bond acceptors (Lipinski definition) is 4. The first-order valence-electron chi connectivity index (χ1n) is 7.69. The molecule has 8 heteroatoms. The zero-order valence-corrected chi connectivity index (χ0v) is 14.7. The van der Waals surface area contributed by atoms with Crippen molar-refractivity contribution >= 4 is 22.7 Å². The van der Waals surface area contributed by atoms with Crippen molar-refractivity contribution in [3.8, 4) is 0 Å². The molecule has 0 fully saturated rings. The molecule has 0 aliphatic carbocycles. The summed E-state index contributed by atoms with van der Waals surface area (Å²) in [5, 5.41) is 2.34. The Balaban J connectivity index is 2.06. The Bertz CT molecular complexity index is 814. The van der Waals surface area contributed by atoms with Gasteiger partial charge in [-0.1, -0.05) is 18.2 Å². The van der Waals surface area contributed by atoms with E-state index in [4.69, 9.17) is 0 Å². The van der Waals surface area contributed by atoms with E-state index in [9.17, 15) is 22.6 Å². The summed E-state index contributed by atoms with van der Waals surface area (Å²) >= 11 is 0. The molecule has 26 heavy (non-hydrogen) atoms. The average molecular weight is 381 g/mol. The van der Waals surface area contributed by atoms with Gasteiger partial charge in [0.25, 0.3) is 5.91 Å². The molecule has 0 saturated heterocycles. The fraction of sp³-hybridized carbons (Fsp3) is 0.222. The first-order valence-corrected chi connectivity index (χ1v) is 9.01. The number of hydrogen-bond donors (Lipinski definition) is 1. The largest absolute Gasteiger partial charge is 0.467 e. The first kappa shape index (κ1) is 19.7. The summed E-state index contributed by atoms with van der Waals surface area (Å²) in [6.45, 7) is 0. The molecule has 0 aliphatic rings. The van der Waals surface area contributed by atoms with Gasteiger partial charge in [-0.3, -0.25) is 9.00 Å². The third kappa shape index (κ3) is 5.19. The smallest absolute Gasteiger partial charge is 0.328 e. The molecule has 0 aliphatic heterocycles. The van der Waals surface area contributed by atoms with Gasteiger partial charge in [-0.05, 0) is 30.7 Å². The van der Waals surface area contributed by atoms with Crippen molar-refractivity contribution < 1.29 is 27.3 Å². The number of carbonyl (C=O) groups excluding carboxylic acids is 2. The van der Waals surface area contributed by atoms with Crippen LogP contribution in [-0.4, -0.2) is 35.0 Å². The van der Waals surface area contributed by atoms with Crippen LogP contribution in [-0.2, 0) is 20.3 Å². The van der Waals surface area contributed by atoms with E-state index in [1.165, 1.54) is 0 Å². The molecule has 138 valence electrons. The SMILES string of the molecule is COC(=O)[C@@H](CC[S@](=O)c1ccccc1)NC(=O)c1ccc(F)cc1F. The maximum absolute atomic E-state index is 13.7. The molecular formula is C18H17F2NO4S. The highest BCUT2D eigenvalue weighted by atomic mass is 32.2. The van der Waals surface area contributed by atoms with Crippen molar-refractivity contribution in [3.05, 3.63) is 65.7 Å². The van der Waals surface area contributed by atoms with Gasteiger partial charge in [-0.25, -0.2) is 13.6 Å². The molecule has 2 aromatic rings. The number of halogens is 2. The van der Waals surface area contributed by atoms with Crippen LogP contribution >= 0.6 is 0 Å². The summed E-state index contributed by atoms with van der Waals surface area (Å²) in [4.78, 5) is 24.6. The number of nitrogens with one attached hydrogen (secondary N) is 1. The van der Waals surface area contributed by atoms with Crippen molar-refractivity contribution in [1.29, 1.82) is 0 Å². The molecule has 2 aromatic carbocycles. The molecule has 0 bridgehead atoms. The summed E-state index contributed by atoms with van der Waals surface area (Å²) in [7, 11) is -0.225. The van der Waals surface area contributed by atoms with Crippen molar-refractivity contribution in [2.24, 2.45) is 0 Å². The van der Waals surface area contributed by atoms with Crippen LogP contribution in [0.1, 0.15) is 16.8 Å². The molecule has 0 saturated carbocycles. The Morgan fingerprint density at radius 3 is 2.46 bits per heavy atom. The summed E-state index contributed by atoms with van der Waals surface area (Å²) < 4.78 is 43.5. The lowest BCUT2D eigenvalue weighted by molar-refractivity contribution is -0.142. The fourth-order valence-corrected chi connectivity index (χ4v) is 3.36. The van der Waals surface area contributed by atoms with Gasteiger partial charge < -0.3 is 10.1 Å². The van der Waals surface area contributed by atoms with Gasteiger partial charge in [-0.15, -0.1) is 0 Å². The van der Waals surface area contributed by atoms with E-state index in [-0.39, 0.29) is 12.2 Å². The first-order chi connectivity index (χ1) is 12.4. The molecule has 1 amide bonds. The van der Waals surface area contributed by atoms with Crippen LogP contribution in [0.3, 0.4) is 0 Å². The minimum Gasteiger partial charge on any atom is -0.467 e. The minimum absolute atomic E-state index is 0.0305. The van der Waals surface area contributed by atoms with Crippen molar-refractivity contribution in [1.82, 2.24) is 5.32 Å². The topological polar surface area (TPSA) is 72.5 Å². The van der Waals surface area contributed by atoms with E-state index >= 15 is 0 Å². The molecule has 0 unspecified atom stereocenters. The predicted octanol–water partition coefficient (Wildman–Crippen LogP) is 2.43. The van der Waals surface area contributed by atoms with E-state index in [0.29, 0.717) is 11.0 Å². The zero-order chi connectivity index (χ0) is 19.1. The van der Waals surface area contributed by atoms with Gasteiger partial charge in [-0.2, -0.15) is 0 Å². The van der Waals surface area contributed by atoms with Gasteiger partial charge in [0.1, 0.15) is 17.7 Å². The van der Waals surface area contributed by atoms with E-state index in [1.807, 2.05) is 0 Å². The van der Waals surface area contributed by atoms with Gasteiger partial charge in [0.2, 0.25) is 0 Å². The third-order valence-electron chi connectivity index (χ3n) is 3.56. The molecule has 0 spiro atoms. The molecule has 2 atom stereocenters. The third-order valence-corrected chi connectivity index (χ3v) is 4.97. The van der Waals surface area contributed by atoms with E-state index in [2.05, 4.69) is 10.1 Å².